The van der Waals surface area contributed by atoms with Crippen LogP contribution in [0.15, 0.2) is 18.2 Å². The number of hydrogen-bond donors (Lipinski definition) is 3. The number of benzene rings is 1. The summed E-state index contributed by atoms with van der Waals surface area (Å²) in [5.41, 5.74) is 1.12. The molecule has 0 bridgehead atoms. The molecule has 1 aromatic carbocycles. The lowest BCUT2D eigenvalue weighted by atomic mass is 10.1. The molecule has 3 N–H and O–H groups in total. The minimum atomic E-state index is -1.03. The van der Waals surface area contributed by atoms with E-state index in [1.54, 1.807) is 25.1 Å². The van der Waals surface area contributed by atoms with Crippen molar-refractivity contribution < 1.29 is 14.7 Å². The lowest BCUT2D eigenvalue weighted by molar-refractivity contribution is -0.116. The van der Waals surface area contributed by atoms with Crippen LogP contribution in [0.5, 0.6) is 0 Å². The molecule has 5 heteroatoms. The van der Waals surface area contributed by atoms with Crippen molar-refractivity contribution in [2.24, 2.45) is 0 Å². The van der Waals surface area contributed by atoms with Crippen LogP contribution < -0.4 is 10.6 Å². The van der Waals surface area contributed by atoms with Gasteiger partial charge in [-0.15, -0.1) is 0 Å². The number of carboxylic acid groups (broad SMARTS) is 1. The van der Waals surface area contributed by atoms with Crippen LogP contribution in [0.4, 0.5) is 5.69 Å². The highest BCUT2D eigenvalue weighted by Gasteiger charge is 2.15. The maximum Gasteiger partial charge on any atom is 0.338 e. The van der Waals surface area contributed by atoms with E-state index in [-0.39, 0.29) is 17.5 Å². The van der Waals surface area contributed by atoms with Crippen molar-refractivity contribution in [2.45, 2.75) is 33.2 Å². The van der Waals surface area contributed by atoms with Gasteiger partial charge in [0.2, 0.25) is 5.91 Å². The Morgan fingerprint density at radius 3 is 2.63 bits per heavy atom. The molecule has 0 saturated carbocycles. The lowest BCUT2D eigenvalue weighted by Gasteiger charge is -2.14. The van der Waals surface area contributed by atoms with Crippen molar-refractivity contribution in [3.63, 3.8) is 0 Å². The summed E-state index contributed by atoms with van der Waals surface area (Å²) < 4.78 is 0. The SMILES string of the molecule is CCNC(C)CC(=O)Nc1cccc(C)c1C(=O)O. The van der Waals surface area contributed by atoms with E-state index in [0.29, 0.717) is 17.7 Å². The number of rotatable bonds is 6. The standard InChI is InChI=1S/C14H20N2O3/c1-4-15-10(3)8-12(17)16-11-7-5-6-9(2)13(11)14(18)19/h5-7,10,15H,4,8H2,1-3H3,(H,16,17)(H,18,19). The van der Waals surface area contributed by atoms with Crippen LogP contribution in [-0.2, 0) is 4.79 Å². The molecule has 0 radical (unpaired) electrons. The molecule has 0 heterocycles. The molecule has 0 saturated heterocycles. The quantitative estimate of drug-likeness (QED) is 0.734. The molecule has 1 atom stereocenters. The molecule has 0 aliphatic carbocycles. The summed E-state index contributed by atoms with van der Waals surface area (Å²) in [6, 6.07) is 5.10. The molecule has 0 aromatic heterocycles. The van der Waals surface area contributed by atoms with Crippen LogP contribution >= 0.6 is 0 Å². The molecule has 1 amide bonds. The van der Waals surface area contributed by atoms with Crippen molar-refractivity contribution in [3.8, 4) is 0 Å². The Kier molecular flexibility index (Phi) is 5.51. The first-order valence-corrected chi connectivity index (χ1v) is 6.31. The Morgan fingerprint density at radius 1 is 1.37 bits per heavy atom. The molecular formula is C14H20N2O3. The smallest absolute Gasteiger partial charge is 0.338 e. The van der Waals surface area contributed by atoms with Gasteiger partial charge in [0.1, 0.15) is 0 Å². The summed E-state index contributed by atoms with van der Waals surface area (Å²) >= 11 is 0. The number of nitrogens with one attached hydrogen (secondary N) is 2. The first-order chi connectivity index (χ1) is 8.95. The van der Waals surface area contributed by atoms with Gasteiger partial charge in [0, 0.05) is 12.5 Å². The van der Waals surface area contributed by atoms with Crippen LogP contribution in [0.25, 0.3) is 0 Å². The summed E-state index contributed by atoms with van der Waals surface area (Å²) in [6.45, 7) is 6.38. The first kappa shape index (κ1) is 15.2. The highest BCUT2D eigenvalue weighted by molar-refractivity contribution is 6.01. The van der Waals surface area contributed by atoms with Gasteiger partial charge in [0.05, 0.1) is 11.3 Å². The van der Waals surface area contributed by atoms with Gasteiger partial charge in [-0.3, -0.25) is 4.79 Å². The van der Waals surface area contributed by atoms with Crippen molar-refractivity contribution >= 4 is 17.6 Å². The molecule has 1 rings (SSSR count). The third-order valence-corrected chi connectivity index (χ3v) is 2.80. The fourth-order valence-electron chi connectivity index (χ4n) is 1.96. The normalized spacial score (nSPS) is 11.9. The number of amides is 1. The first-order valence-electron chi connectivity index (χ1n) is 6.31. The maximum atomic E-state index is 11.8. The molecule has 1 unspecified atom stereocenters. The van der Waals surface area contributed by atoms with Crippen LogP contribution in [0.1, 0.15) is 36.2 Å². The molecule has 0 aliphatic rings. The van der Waals surface area contributed by atoms with E-state index in [2.05, 4.69) is 10.6 Å². The van der Waals surface area contributed by atoms with Gasteiger partial charge in [-0.05, 0) is 32.0 Å². The summed E-state index contributed by atoms with van der Waals surface area (Å²) in [4.78, 5) is 23.0. The molecule has 1 aromatic rings. The number of carboxylic acids is 1. The minimum absolute atomic E-state index is 0.0584. The van der Waals surface area contributed by atoms with Crippen LogP contribution in [-0.4, -0.2) is 29.6 Å². The van der Waals surface area contributed by atoms with Crippen molar-refractivity contribution in [2.75, 3.05) is 11.9 Å². The summed E-state index contributed by atoms with van der Waals surface area (Å²) in [7, 11) is 0. The van der Waals surface area contributed by atoms with Gasteiger partial charge in [-0.25, -0.2) is 4.79 Å². The average Bonchev–Trinajstić information content (AvgIpc) is 2.28. The van der Waals surface area contributed by atoms with Gasteiger partial charge in [0.25, 0.3) is 0 Å². The fourth-order valence-corrected chi connectivity index (χ4v) is 1.96. The molecule has 0 spiro atoms. The Hall–Kier alpha value is -1.88. The van der Waals surface area contributed by atoms with Gasteiger partial charge in [0.15, 0.2) is 0 Å². The van der Waals surface area contributed by atoms with E-state index >= 15 is 0 Å². The number of aryl methyl sites for hydroxylation is 1. The monoisotopic (exact) mass is 264 g/mol. The van der Waals surface area contributed by atoms with E-state index < -0.39 is 5.97 Å². The average molecular weight is 264 g/mol. The number of carbonyl (C=O) groups is 2. The molecule has 5 nitrogen and oxygen atoms in total. The molecule has 0 fully saturated rings. The Bertz CT molecular complexity index is 472. The largest absolute Gasteiger partial charge is 0.478 e. The van der Waals surface area contributed by atoms with Crippen molar-refractivity contribution in [1.82, 2.24) is 5.32 Å². The Morgan fingerprint density at radius 2 is 2.05 bits per heavy atom. The Labute approximate surface area is 113 Å². The second-order valence-corrected chi connectivity index (χ2v) is 4.51. The predicted molar refractivity (Wildman–Crippen MR) is 74.5 cm³/mol. The number of carbonyl (C=O) groups excluding carboxylic acids is 1. The van der Waals surface area contributed by atoms with E-state index in [1.807, 2.05) is 13.8 Å². The number of aromatic carboxylic acids is 1. The van der Waals surface area contributed by atoms with E-state index in [1.165, 1.54) is 0 Å². The Balaban J connectivity index is 2.80. The van der Waals surface area contributed by atoms with Gasteiger partial charge < -0.3 is 15.7 Å². The summed E-state index contributed by atoms with van der Waals surface area (Å²) in [5.74, 6) is -1.23. The minimum Gasteiger partial charge on any atom is -0.478 e. The third-order valence-electron chi connectivity index (χ3n) is 2.80. The van der Waals surface area contributed by atoms with Crippen LogP contribution in [0, 0.1) is 6.92 Å². The zero-order valence-corrected chi connectivity index (χ0v) is 11.5. The topological polar surface area (TPSA) is 78.4 Å². The van der Waals surface area contributed by atoms with Crippen LogP contribution in [0.2, 0.25) is 0 Å². The zero-order valence-electron chi connectivity index (χ0n) is 11.5. The van der Waals surface area contributed by atoms with Crippen molar-refractivity contribution in [3.05, 3.63) is 29.3 Å². The van der Waals surface area contributed by atoms with Crippen LogP contribution in [0.3, 0.4) is 0 Å². The highest BCUT2D eigenvalue weighted by Crippen LogP contribution is 2.19. The van der Waals surface area contributed by atoms with E-state index in [0.717, 1.165) is 6.54 Å². The van der Waals surface area contributed by atoms with Gasteiger partial charge in [-0.2, -0.15) is 0 Å². The van der Waals surface area contributed by atoms with Gasteiger partial charge in [-0.1, -0.05) is 19.1 Å². The molecular weight excluding hydrogens is 244 g/mol. The maximum absolute atomic E-state index is 11.8. The molecule has 0 aliphatic heterocycles. The third kappa shape index (κ3) is 4.37. The zero-order chi connectivity index (χ0) is 14.4. The van der Waals surface area contributed by atoms with E-state index in [4.69, 9.17) is 5.11 Å². The number of anilines is 1. The summed E-state index contributed by atoms with van der Waals surface area (Å²) in [6.07, 6.45) is 0.306. The lowest BCUT2D eigenvalue weighted by Crippen LogP contribution is -2.30. The van der Waals surface area contributed by atoms with Gasteiger partial charge >= 0.3 is 5.97 Å². The summed E-state index contributed by atoms with van der Waals surface area (Å²) in [5, 5.41) is 15.0. The number of hydrogen-bond acceptors (Lipinski definition) is 3. The van der Waals surface area contributed by atoms with E-state index in [9.17, 15) is 9.59 Å². The second-order valence-electron chi connectivity index (χ2n) is 4.51. The fraction of sp³-hybridized carbons (Fsp3) is 0.429. The molecule has 19 heavy (non-hydrogen) atoms. The van der Waals surface area contributed by atoms with Crippen molar-refractivity contribution in [1.29, 1.82) is 0 Å². The highest BCUT2D eigenvalue weighted by atomic mass is 16.4. The predicted octanol–water partition coefficient (Wildman–Crippen LogP) is 2.02. The molecule has 104 valence electrons. The second kappa shape index (κ2) is 6.89.